The second kappa shape index (κ2) is 25.1. The molecule has 2 aromatic carbocycles. The third-order valence-electron chi connectivity index (χ3n) is 6.88. The second-order valence-electron chi connectivity index (χ2n) is 10.1. The van der Waals surface area contributed by atoms with Crippen LogP contribution in [0.25, 0.3) is 11.1 Å². The summed E-state index contributed by atoms with van der Waals surface area (Å²) in [6.07, 6.45) is 6.74. The molecule has 0 bridgehead atoms. The van der Waals surface area contributed by atoms with Crippen molar-refractivity contribution in [3.8, 4) is 11.1 Å². The van der Waals surface area contributed by atoms with Crippen molar-refractivity contribution in [1.29, 1.82) is 0 Å². The summed E-state index contributed by atoms with van der Waals surface area (Å²) in [6.45, 7) is 8.35. The van der Waals surface area contributed by atoms with Crippen LogP contribution in [0.5, 0.6) is 0 Å². The molecule has 0 heterocycles. The molecule has 0 amide bonds. The van der Waals surface area contributed by atoms with E-state index in [4.69, 9.17) is 9.47 Å². The molecule has 0 fully saturated rings. The Bertz CT molecular complexity index is 1030. The van der Waals surface area contributed by atoms with E-state index in [1.54, 1.807) is 0 Å². The van der Waals surface area contributed by atoms with Gasteiger partial charge in [0.25, 0.3) is 10.1 Å². The van der Waals surface area contributed by atoms with Crippen molar-refractivity contribution in [3.05, 3.63) is 60.7 Å². The van der Waals surface area contributed by atoms with E-state index in [0.717, 1.165) is 51.4 Å². The van der Waals surface area contributed by atoms with Crippen molar-refractivity contribution in [2.24, 2.45) is 11.8 Å². The summed E-state index contributed by atoms with van der Waals surface area (Å²) in [4.78, 5) is 24.2. The average molecular weight is 635 g/mol. The molecule has 0 aliphatic heterocycles. The molecule has 42 heavy (non-hydrogen) atoms. The Balaban J connectivity index is 0. The molecule has 1 N–H and O–H groups in total. The summed E-state index contributed by atoms with van der Waals surface area (Å²) >= 11 is 0. The molecule has 7 nitrogen and oxygen atoms in total. The number of hydrogen-bond donors (Lipinski definition) is 1. The van der Waals surface area contributed by atoms with Gasteiger partial charge in [0.15, 0.2) is 5.25 Å². The topological polar surface area (TPSA) is 107 Å². The third-order valence-corrected chi connectivity index (χ3v) is 7.96. The molecule has 0 spiro atoms. The summed E-state index contributed by atoms with van der Waals surface area (Å²) in [7, 11) is -4.76. The Morgan fingerprint density at radius 1 is 0.738 bits per heavy atom. The number of carbonyl (C=O) groups is 2. The number of ether oxygens (including phenoxy) is 2. The Morgan fingerprint density at radius 2 is 1.14 bits per heavy atom. The fourth-order valence-electron chi connectivity index (χ4n) is 4.08. The van der Waals surface area contributed by atoms with Crippen molar-refractivity contribution < 1.29 is 32.0 Å². The van der Waals surface area contributed by atoms with Crippen molar-refractivity contribution >= 4 is 61.5 Å². The Kier molecular flexibility index (Phi) is 25.6. The van der Waals surface area contributed by atoms with E-state index >= 15 is 0 Å². The van der Waals surface area contributed by atoms with Gasteiger partial charge in [-0.25, -0.2) is 0 Å². The Morgan fingerprint density at radius 3 is 1.50 bits per heavy atom. The molecule has 2 aromatic rings. The van der Waals surface area contributed by atoms with Gasteiger partial charge < -0.3 is 9.47 Å². The maximum atomic E-state index is 12.2. The fourth-order valence-corrected chi connectivity index (χ4v) is 4.74. The predicted molar refractivity (Wildman–Crippen MR) is 179 cm³/mol. The smallest absolute Gasteiger partial charge is 0.0184 e. The van der Waals surface area contributed by atoms with Gasteiger partial charge >= 0.3 is 41.5 Å². The van der Waals surface area contributed by atoms with E-state index in [-0.39, 0.29) is 64.5 Å². The summed E-state index contributed by atoms with van der Waals surface area (Å²) in [5.41, 5.74) is 2.55. The van der Waals surface area contributed by atoms with Crippen molar-refractivity contribution in [3.63, 3.8) is 0 Å². The van der Waals surface area contributed by atoms with Crippen LogP contribution in [0.1, 0.15) is 85.5 Å². The first kappa shape index (κ1) is 42.9. The van der Waals surface area contributed by atoms with Crippen LogP contribution in [-0.2, 0) is 29.2 Å². The molecular formula is C32H52NaO7PS. The molecule has 0 saturated carbocycles. The summed E-state index contributed by atoms with van der Waals surface area (Å²) in [6, 6.07) is 20.8. The predicted octanol–water partition coefficient (Wildman–Crippen LogP) is 6.92. The minimum atomic E-state index is -4.76. The fraction of sp³-hybridized carbons (Fsp3) is 0.562. The maximum absolute atomic E-state index is 12.2. The summed E-state index contributed by atoms with van der Waals surface area (Å²) in [5.74, 6) is -1.61. The van der Waals surface area contributed by atoms with E-state index < -0.39 is 33.7 Å². The van der Waals surface area contributed by atoms with Crippen molar-refractivity contribution in [2.75, 3.05) is 13.2 Å². The van der Waals surface area contributed by atoms with Crippen LogP contribution >= 0.6 is 9.90 Å². The van der Waals surface area contributed by atoms with E-state index in [2.05, 4.69) is 62.4 Å². The molecule has 0 saturated heterocycles. The number of unbranched alkanes of at least 4 members (excludes halogenated alkanes) is 2. The molecule has 234 valence electrons. The zero-order chi connectivity index (χ0) is 29.8. The van der Waals surface area contributed by atoms with E-state index in [1.807, 2.05) is 26.0 Å². The number of hydrogen-bond acceptors (Lipinski definition) is 6. The van der Waals surface area contributed by atoms with Crippen LogP contribution in [0.2, 0.25) is 0 Å². The molecule has 0 aromatic heterocycles. The molecule has 2 rings (SSSR count). The number of carbonyl (C=O) groups excluding carboxylic acids is 2. The van der Waals surface area contributed by atoms with Gasteiger partial charge in [-0.05, 0) is 35.8 Å². The SMILES string of the molecule is CCCCC(CC)COC(=O)CC(C(=O)OCC(CC)CCCC)S(=O)(=O)O.P.[NaH].c1ccc(-c2ccccc2)cc1. The van der Waals surface area contributed by atoms with Crippen LogP contribution in [0.3, 0.4) is 0 Å². The van der Waals surface area contributed by atoms with Crippen LogP contribution in [0.15, 0.2) is 60.7 Å². The van der Waals surface area contributed by atoms with Gasteiger partial charge in [-0.2, -0.15) is 18.3 Å². The standard InChI is InChI=1S/C20H38O7S.C12H10.Na.H3P.H/c1-5-9-11-16(7-3)14-26-19(21)13-18(28(23,24)25)20(22)27-15-17(8-4)12-10-6-2;1-3-7-11(8-4-1)12-9-5-2-6-10-12;;;/h16-18H,5-15H2,1-4H3,(H,23,24,25);1-10H;;1H3;. The van der Waals surface area contributed by atoms with Gasteiger partial charge in [-0.1, -0.05) is 127 Å². The van der Waals surface area contributed by atoms with Crippen LogP contribution in [0, 0.1) is 11.8 Å². The quantitative estimate of drug-likeness (QED) is 0.0872. The Labute approximate surface area is 279 Å². The van der Waals surface area contributed by atoms with Crippen molar-refractivity contribution in [1.82, 2.24) is 0 Å². The maximum Gasteiger partial charge on any atom is -0.0184 e. The van der Waals surface area contributed by atoms with Crippen molar-refractivity contribution in [2.45, 2.75) is 90.7 Å². The van der Waals surface area contributed by atoms with Gasteiger partial charge in [0.1, 0.15) is 0 Å². The van der Waals surface area contributed by atoms with Gasteiger partial charge in [0.05, 0.1) is 19.6 Å². The molecule has 4 unspecified atom stereocenters. The molecule has 4 atom stereocenters. The number of benzene rings is 2. The minimum Gasteiger partial charge on any atom is -0.0622 e. The van der Waals surface area contributed by atoms with Gasteiger partial charge in [0.2, 0.25) is 0 Å². The Hall–Kier alpha value is -1.28. The molecule has 0 aliphatic rings. The van der Waals surface area contributed by atoms with E-state index in [9.17, 15) is 22.6 Å². The van der Waals surface area contributed by atoms with Gasteiger partial charge in [-0.15, -0.1) is 0 Å². The minimum absolute atomic E-state index is 0. The molecule has 0 radical (unpaired) electrons. The first-order valence-electron chi connectivity index (χ1n) is 14.5. The van der Waals surface area contributed by atoms with Crippen LogP contribution in [0.4, 0.5) is 0 Å². The van der Waals surface area contributed by atoms with Crippen LogP contribution in [-0.4, -0.2) is 72.9 Å². The average Bonchev–Trinajstić information content (AvgIpc) is 2.96. The van der Waals surface area contributed by atoms with Crippen LogP contribution < -0.4 is 0 Å². The van der Waals surface area contributed by atoms with Gasteiger partial charge in [0, 0.05) is 0 Å². The molecule has 0 aliphatic carbocycles. The van der Waals surface area contributed by atoms with Gasteiger partial charge in [-0.3, -0.25) is 14.1 Å². The number of rotatable bonds is 17. The summed E-state index contributed by atoms with van der Waals surface area (Å²) < 4.78 is 42.8. The first-order chi connectivity index (χ1) is 19.2. The number of esters is 2. The largest absolute Gasteiger partial charge is 0.0622 e. The molecular weight excluding hydrogens is 582 g/mol. The van der Waals surface area contributed by atoms with E-state index in [0.29, 0.717) is 0 Å². The first-order valence-corrected chi connectivity index (χ1v) is 16.0. The third kappa shape index (κ3) is 18.4. The summed E-state index contributed by atoms with van der Waals surface area (Å²) in [5, 5.41) is -1.95. The second-order valence-corrected chi connectivity index (χ2v) is 11.7. The zero-order valence-corrected chi connectivity index (χ0v) is 27.5. The normalized spacial score (nSPS) is 12.7. The zero-order valence-electron chi connectivity index (χ0n) is 25.3. The monoisotopic (exact) mass is 634 g/mol. The van der Waals surface area contributed by atoms with E-state index in [1.165, 1.54) is 11.1 Å². The molecule has 10 heteroatoms.